The molecule has 0 saturated heterocycles. The van der Waals surface area contributed by atoms with Gasteiger partial charge in [0.05, 0.1) is 5.52 Å². The molecule has 0 unspecified atom stereocenters. The van der Waals surface area contributed by atoms with Gasteiger partial charge in [-0.2, -0.15) is 0 Å². The van der Waals surface area contributed by atoms with E-state index >= 15 is 0 Å². The zero-order valence-corrected chi connectivity index (χ0v) is 8.45. The number of rotatable bonds is 3. The van der Waals surface area contributed by atoms with Crippen molar-refractivity contribution in [3.63, 3.8) is 0 Å². The van der Waals surface area contributed by atoms with E-state index in [1.54, 1.807) is 12.1 Å². The van der Waals surface area contributed by atoms with E-state index in [0.29, 0.717) is 29.8 Å². The van der Waals surface area contributed by atoms with Crippen molar-refractivity contribution in [1.29, 1.82) is 0 Å². The molecule has 6 nitrogen and oxygen atoms in total. The highest BCUT2D eigenvalue weighted by Gasteiger charge is 2.07. The SMILES string of the molecule is NCCNC(=O)c1ccc2[nH]c(=O)oc2c1. The van der Waals surface area contributed by atoms with E-state index in [-0.39, 0.29) is 5.91 Å². The average Bonchev–Trinajstić information content (AvgIpc) is 2.64. The fourth-order valence-electron chi connectivity index (χ4n) is 1.37. The Kier molecular flexibility index (Phi) is 2.74. The Hall–Kier alpha value is -2.08. The summed E-state index contributed by atoms with van der Waals surface area (Å²) in [7, 11) is 0. The summed E-state index contributed by atoms with van der Waals surface area (Å²) in [6, 6.07) is 4.75. The second kappa shape index (κ2) is 4.19. The number of benzene rings is 1. The molecule has 1 amide bonds. The van der Waals surface area contributed by atoms with Crippen molar-refractivity contribution in [2.45, 2.75) is 0 Å². The molecule has 0 atom stereocenters. The standard InChI is InChI=1S/C10H11N3O3/c11-3-4-12-9(14)6-1-2-7-8(5-6)16-10(15)13-7/h1-2,5H,3-4,11H2,(H,12,14)(H,13,15). The number of nitrogens with two attached hydrogens (primary N) is 1. The van der Waals surface area contributed by atoms with Crippen LogP contribution in [0.1, 0.15) is 10.4 Å². The van der Waals surface area contributed by atoms with Crippen LogP contribution in [-0.2, 0) is 0 Å². The molecule has 0 aliphatic rings. The zero-order valence-electron chi connectivity index (χ0n) is 8.45. The highest BCUT2D eigenvalue weighted by molar-refractivity contribution is 5.96. The van der Waals surface area contributed by atoms with Crippen molar-refractivity contribution >= 4 is 17.0 Å². The molecular formula is C10H11N3O3. The first kappa shape index (κ1) is 10.4. The molecule has 84 valence electrons. The van der Waals surface area contributed by atoms with E-state index in [1.807, 2.05) is 0 Å². The van der Waals surface area contributed by atoms with E-state index in [9.17, 15) is 9.59 Å². The number of H-pyrrole nitrogens is 1. The van der Waals surface area contributed by atoms with E-state index in [4.69, 9.17) is 10.2 Å². The van der Waals surface area contributed by atoms with Crippen LogP contribution in [0.3, 0.4) is 0 Å². The molecule has 0 saturated carbocycles. The molecular weight excluding hydrogens is 210 g/mol. The fourth-order valence-corrected chi connectivity index (χ4v) is 1.37. The van der Waals surface area contributed by atoms with Crippen LogP contribution in [0.2, 0.25) is 0 Å². The van der Waals surface area contributed by atoms with Crippen LogP contribution in [0.4, 0.5) is 0 Å². The number of nitrogens with one attached hydrogen (secondary N) is 2. The lowest BCUT2D eigenvalue weighted by molar-refractivity contribution is 0.0955. The Morgan fingerprint density at radius 2 is 2.31 bits per heavy atom. The number of aromatic amines is 1. The van der Waals surface area contributed by atoms with Gasteiger partial charge in [-0.15, -0.1) is 0 Å². The zero-order chi connectivity index (χ0) is 11.5. The summed E-state index contributed by atoms with van der Waals surface area (Å²) in [5, 5.41) is 2.63. The second-order valence-corrected chi connectivity index (χ2v) is 3.27. The van der Waals surface area contributed by atoms with E-state index in [1.165, 1.54) is 6.07 Å². The first-order valence-corrected chi connectivity index (χ1v) is 4.82. The quantitative estimate of drug-likeness (QED) is 0.668. The van der Waals surface area contributed by atoms with Gasteiger partial charge < -0.3 is 15.5 Å². The van der Waals surface area contributed by atoms with Gasteiger partial charge in [0.25, 0.3) is 5.91 Å². The summed E-state index contributed by atoms with van der Waals surface area (Å²) < 4.78 is 4.85. The lowest BCUT2D eigenvalue weighted by atomic mass is 10.2. The summed E-state index contributed by atoms with van der Waals surface area (Å²) in [6.07, 6.45) is 0. The predicted molar refractivity (Wildman–Crippen MR) is 58.2 cm³/mol. The van der Waals surface area contributed by atoms with Crippen LogP contribution in [0.25, 0.3) is 11.1 Å². The van der Waals surface area contributed by atoms with Gasteiger partial charge in [-0.05, 0) is 18.2 Å². The lowest BCUT2D eigenvalue weighted by Crippen LogP contribution is -2.28. The summed E-state index contributed by atoms with van der Waals surface area (Å²) >= 11 is 0. The van der Waals surface area contributed by atoms with Gasteiger partial charge in [0.2, 0.25) is 0 Å². The fraction of sp³-hybridized carbons (Fsp3) is 0.200. The monoisotopic (exact) mass is 221 g/mol. The lowest BCUT2D eigenvalue weighted by Gasteiger charge is -2.02. The summed E-state index contributed by atoms with van der Waals surface area (Å²) in [4.78, 5) is 25.0. The third-order valence-electron chi connectivity index (χ3n) is 2.11. The third-order valence-corrected chi connectivity index (χ3v) is 2.11. The van der Waals surface area contributed by atoms with Gasteiger partial charge in [0.1, 0.15) is 0 Å². The molecule has 1 aromatic heterocycles. The molecule has 0 aliphatic carbocycles. The van der Waals surface area contributed by atoms with Crippen LogP contribution in [-0.4, -0.2) is 24.0 Å². The largest absolute Gasteiger partial charge is 0.417 e. The first-order chi connectivity index (χ1) is 7.70. The number of amides is 1. The molecule has 1 heterocycles. The number of hydrogen-bond donors (Lipinski definition) is 3. The summed E-state index contributed by atoms with van der Waals surface area (Å²) in [5.74, 6) is -0.772. The Balaban J connectivity index is 2.31. The number of hydrogen-bond acceptors (Lipinski definition) is 4. The van der Waals surface area contributed by atoms with Crippen molar-refractivity contribution in [3.8, 4) is 0 Å². The Bertz CT molecular complexity index is 570. The summed E-state index contributed by atoms with van der Waals surface area (Å²) in [5.41, 5.74) is 6.64. The minimum absolute atomic E-state index is 0.240. The third kappa shape index (κ3) is 1.96. The van der Waals surface area contributed by atoms with Crippen LogP contribution in [0, 0.1) is 0 Å². The van der Waals surface area contributed by atoms with Gasteiger partial charge >= 0.3 is 5.76 Å². The summed E-state index contributed by atoms with van der Waals surface area (Å²) in [6.45, 7) is 0.793. The molecule has 0 bridgehead atoms. The van der Waals surface area contributed by atoms with Gasteiger partial charge in [-0.3, -0.25) is 9.78 Å². The second-order valence-electron chi connectivity index (χ2n) is 3.27. The number of aromatic nitrogens is 1. The van der Waals surface area contributed by atoms with E-state index in [2.05, 4.69) is 10.3 Å². The van der Waals surface area contributed by atoms with Gasteiger partial charge in [-0.1, -0.05) is 0 Å². The Labute approximate surface area is 90.4 Å². The maximum atomic E-state index is 11.6. The molecule has 0 aliphatic heterocycles. The molecule has 6 heteroatoms. The normalized spacial score (nSPS) is 10.6. The van der Waals surface area contributed by atoms with Crippen molar-refractivity contribution in [2.75, 3.05) is 13.1 Å². The number of carbonyl (C=O) groups excluding carboxylic acids is 1. The average molecular weight is 221 g/mol. The topological polar surface area (TPSA) is 101 Å². The molecule has 0 spiro atoms. The van der Waals surface area contributed by atoms with Gasteiger partial charge in [0.15, 0.2) is 5.58 Å². The number of fused-ring (bicyclic) bond motifs is 1. The van der Waals surface area contributed by atoms with Crippen LogP contribution in [0.15, 0.2) is 27.4 Å². The maximum Gasteiger partial charge on any atom is 0.417 e. The molecule has 1 aromatic carbocycles. The number of carbonyl (C=O) groups is 1. The van der Waals surface area contributed by atoms with Crippen molar-refractivity contribution < 1.29 is 9.21 Å². The smallest absolute Gasteiger partial charge is 0.408 e. The molecule has 2 aromatic rings. The number of oxazole rings is 1. The minimum Gasteiger partial charge on any atom is -0.408 e. The van der Waals surface area contributed by atoms with E-state index in [0.717, 1.165) is 0 Å². The van der Waals surface area contributed by atoms with Crippen molar-refractivity contribution in [2.24, 2.45) is 5.73 Å². The molecule has 0 radical (unpaired) electrons. The highest BCUT2D eigenvalue weighted by Crippen LogP contribution is 2.11. The molecule has 4 N–H and O–H groups in total. The Morgan fingerprint density at radius 1 is 1.50 bits per heavy atom. The minimum atomic E-state index is -0.533. The van der Waals surface area contributed by atoms with Crippen LogP contribution in [0.5, 0.6) is 0 Å². The van der Waals surface area contributed by atoms with Crippen LogP contribution < -0.4 is 16.8 Å². The molecule has 16 heavy (non-hydrogen) atoms. The Morgan fingerprint density at radius 3 is 3.06 bits per heavy atom. The highest BCUT2D eigenvalue weighted by atomic mass is 16.4. The molecule has 2 rings (SSSR count). The molecule has 0 fully saturated rings. The van der Waals surface area contributed by atoms with Gasteiger partial charge in [-0.25, -0.2) is 4.79 Å². The van der Waals surface area contributed by atoms with Gasteiger partial charge in [0, 0.05) is 18.7 Å². The van der Waals surface area contributed by atoms with Crippen LogP contribution >= 0.6 is 0 Å². The van der Waals surface area contributed by atoms with Crippen molar-refractivity contribution in [3.05, 3.63) is 34.3 Å². The predicted octanol–water partition coefficient (Wildman–Crippen LogP) is -0.190. The maximum absolute atomic E-state index is 11.6. The van der Waals surface area contributed by atoms with Crippen molar-refractivity contribution in [1.82, 2.24) is 10.3 Å². The van der Waals surface area contributed by atoms with E-state index < -0.39 is 5.76 Å². The first-order valence-electron chi connectivity index (χ1n) is 4.82.